The maximum atomic E-state index is 12.3. The minimum atomic E-state index is -0.288. The van der Waals surface area contributed by atoms with E-state index in [2.05, 4.69) is 17.4 Å². The standard InChI is InChI=1S/C20H23NO3S/c1-2-24-20(23)15-25-14-19(22)21-18(17-11-7-4-8-12-17)13-16-9-5-3-6-10-16/h3-12,18H,2,13-15H2,1H3,(H,21,22). The highest BCUT2D eigenvalue weighted by Gasteiger charge is 2.15. The van der Waals surface area contributed by atoms with Crippen molar-refractivity contribution in [3.63, 3.8) is 0 Å². The van der Waals surface area contributed by atoms with Gasteiger partial charge in [-0.15, -0.1) is 11.8 Å². The fourth-order valence-electron chi connectivity index (χ4n) is 2.45. The topological polar surface area (TPSA) is 55.4 Å². The Balaban J connectivity index is 1.94. The molecule has 2 aromatic rings. The number of carbonyl (C=O) groups is 2. The Morgan fingerprint density at radius 1 is 1.00 bits per heavy atom. The number of amides is 1. The van der Waals surface area contributed by atoms with Crippen molar-refractivity contribution >= 4 is 23.6 Å². The van der Waals surface area contributed by atoms with E-state index in [-0.39, 0.29) is 29.4 Å². The Bertz CT molecular complexity index is 661. The van der Waals surface area contributed by atoms with E-state index in [1.165, 1.54) is 11.8 Å². The van der Waals surface area contributed by atoms with Gasteiger partial charge in [0, 0.05) is 0 Å². The number of nitrogens with one attached hydrogen (secondary N) is 1. The number of esters is 1. The summed E-state index contributed by atoms with van der Waals surface area (Å²) in [7, 11) is 0. The minimum absolute atomic E-state index is 0.0842. The van der Waals surface area contributed by atoms with Gasteiger partial charge in [0.2, 0.25) is 5.91 Å². The molecule has 1 atom stereocenters. The Labute approximate surface area is 153 Å². The van der Waals surface area contributed by atoms with Crippen LogP contribution in [0.4, 0.5) is 0 Å². The summed E-state index contributed by atoms with van der Waals surface area (Å²) >= 11 is 1.27. The third-order valence-electron chi connectivity index (χ3n) is 3.58. The molecule has 0 saturated carbocycles. The van der Waals surface area contributed by atoms with Crippen molar-refractivity contribution in [2.24, 2.45) is 0 Å². The molecule has 2 rings (SSSR count). The third-order valence-corrected chi connectivity index (χ3v) is 4.48. The Morgan fingerprint density at radius 2 is 1.64 bits per heavy atom. The maximum absolute atomic E-state index is 12.3. The lowest BCUT2D eigenvalue weighted by Gasteiger charge is -2.19. The van der Waals surface area contributed by atoms with Gasteiger partial charge in [-0.1, -0.05) is 60.7 Å². The SMILES string of the molecule is CCOC(=O)CSCC(=O)NC(Cc1ccccc1)c1ccccc1. The largest absolute Gasteiger partial charge is 0.465 e. The summed E-state index contributed by atoms with van der Waals surface area (Å²) in [6, 6.07) is 19.9. The fourth-order valence-corrected chi connectivity index (χ4v) is 3.07. The summed E-state index contributed by atoms with van der Waals surface area (Å²) in [6.07, 6.45) is 0.721. The van der Waals surface area contributed by atoms with E-state index < -0.39 is 0 Å². The highest BCUT2D eigenvalue weighted by molar-refractivity contribution is 8.00. The lowest BCUT2D eigenvalue weighted by atomic mass is 9.99. The number of hydrogen-bond acceptors (Lipinski definition) is 4. The van der Waals surface area contributed by atoms with E-state index >= 15 is 0 Å². The van der Waals surface area contributed by atoms with Gasteiger partial charge in [0.15, 0.2) is 0 Å². The smallest absolute Gasteiger partial charge is 0.315 e. The molecule has 0 heterocycles. The summed E-state index contributed by atoms with van der Waals surface area (Å²) in [4.78, 5) is 23.6. The molecule has 0 aliphatic carbocycles. The van der Waals surface area contributed by atoms with Crippen LogP contribution in [0.25, 0.3) is 0 Å². The average Bonchev–Trinajstić information content (AvgIpc) is 2.63. The highest BCUT2D eigenvalue weighted by atomic mass is 32.2. The molecule has 0 bridgehead atoms. The molecule has 0 aliphatic heterocycles. The molecule has 25 heavy (non-hydrogen) atoms. The van der Waals surface area contributed by atoms with Gasteiger partial charge in [-0.2, -0.15) is 0 Å². The van der Waals surface area contributed by atoms with Crippen molar-refractivity contribution in [2.75, 3.05) is 18.1 Å². The summed E-state index contributed by atoms with van der Waals surface area (Å²) < 4.78 is 4.86. The van der Waals surface area contributed by atoms with Crippen LogP contribution in [0, 0.1) is 0 Å². The molecule has 0 saturated heterocycles. The zero-order valence-corrected chi connectivity index (χ0v) is 15.1. The second-order valence-electron chi connectivity index (χ2n) is 5.52. The van der Waals surface area contributed by atoms with Crippen molar-refractivity contribution in [3.05, 3.63) is 71.8 Å². The Kier molecular flexibility index (Phi) is 8.05. The molecule has 0 spiro atoms. The van der Waals surface area contributed by atoms with Crippen molar-refractivity contribution in [3.8, 4) is 0 Å². The summed E-state index contributed by atoms with van der Waals surface area (Å²) in [5.41, 5.74) is 2.23. The van der Waals surface area contributed by atoms with E-state index in [0.29, 0.717) is 6.61 Å². The first-order chi connectivity index (χ1) is 12.2. The van der Waals surface area contributed by atoms with E-state index in [0.717, 1.165) is 17.5 Å². The van der Waals surface area contributed by atoms with Crippen LogP contribution < -0.4 is 5.32 Å². The minimum Gasteiger partial charge on any atom is -0.465 e. The van der Waals surface area contributed by atoms with Crippen molar-refractivity contribution in [1.29, 1.82) is 0 Å². The molecule has 0 radical (unpaired) electrons. The van der Waals surface area contributed by atoms with Gasteiger partial charge in [-0.25, -0.2) is 0 Å². The van der Waals surface area contributed by atoms with Gasteiger partial charge in [0.05, 0.1) is 24.2 Å². The van der Waals surface area contributed by atoms with Crippen LogP contribution in [0.15, 0.2) is 60.7 Å². The van der Waals surface area contributed by atoms with Crippen molar-refractivity contribution < 1.29 is 14.3 Å². The number of thioether (sulfide) groups is 1. The van der Waals surface area contributed by atoms with Gasteiger partial charge >= 0.3 is 5.97 Å². The van der Waals surface area contributed by atoms with Crippen LogP contribution in [0.2, 0.25) is 0 Å². The number of carbonyl (C=O) groups excluding carboxylic acids is 2. The molecule has 0 aromatic heterocycles. The number of rotatable bonds is 9. The van der Waals surface area contributed by atoms with E-state index in [1.807, 2.05) is 48.5 Å². The van der Waals surface area contributed by atoms with Gasteiger partial charge in [0.25, 0.3) is 0 Å². The lowest BCUT2D eigenvalue weighted by molar-refractivity contribution is -0.139. The van der Waals surface area contributed by atoms with E-state index in [4.69, 9.17) is 4.74 Å². The van der Waals surface area contributed by atoms with Crippen molar-refractivity contribution in [2.45, 2.75) is 19.4 Å². The zero-order valence-electron chi connectivity index (χ0n) is 14.3. The molecular formula is C20H23NO3S. The number of ether oxygens (including phenoxy) is 1. The molecule has 132 valence electrons. The van der Waals surface area contributed by atoms with E-state index in [9.17, 15) is 9.59 Å². The first kappa shape index (κ1) is 19.1. The molecule has 1 N–H and O–H groups in total. The van der Waals surface area contributed by atoms with Crippen LogP contribution in [0.3, 0.4) is 0 Å². The van der Waals surface area contributed by atoms with Crippen LogP contribution in [-0.2, 0) is 20.7 Å². The van der Waals surface area contributed by atoms with Gasteiger partial charge < -0.3 is 10.1 Å². The predicted molar refractivity (Wildman–Crippen MR) is 101 cm³/mol. The number of hydrogen-bond donors (Lipinski definition) is 1. The monoisotopic (exact) mass is 357 g/mol. The van der Waals surface area contributed by atoms with E-state index in [1.54, 1.807) is 6.92 Å². The first-order valence-corrected chi connectivity index (χ1v) is 9.46. The van der Waals surface area contributed by atoms with Gasteiger partial charge in [0.1, 0.15) is 0 Å². The predicted octanol–water partition coefficient (Wildman–Crippen LogP) is 3.38. The van der Waals surface area contributed by atoms with Crippen LogP contribution in [-0.4, -0.2) is 30.0 Å². The van der Waals surface area contributed by atoms with Crippen LogP contribution in [0.1, 0.15) is 24.1 Å². The summed E-state index contributed by atoms with van der Waals surface area (Å²) in [5.74, 6) is 0.0515. The van der Waals surface area contributed by atoms with Crippen LogP contribution >= 0.6 is 11.8 Å². The second-order valence-corrected chi connectivity index (χ2v) is 6.50. The zero-order chi connectivity index (χ0) is 17.9. The average molecular weight is 357 g/mol. The molecule has 1 unspecified atom stereocenters. The lowest BCUT2D eigenvalue weighted by Crippen LogP contribution is -2.31. The van der Waals surface area contributed by atoms with Crippen molar-refractivity contribution in [1.82, 2.24) is 5.32 Å². The third kappa shape index (κ3) is 7.01. The molecule has 2 aromatic carbocycles. The summed E-state index contributed by atoms with van der Waals surface area (Å²) in [6.45, 7) is 2.13. The normalized spacial score (nSPS) is 11.6. The maximum Gasteiger partial charge on any atom is 0.315 e. The van der Waals surface area contributed by atoms with Gasteiger partial charge in [-0.05, 0) is 24.5 Å². The second kappa shape index (κ2) is 10.6. The molecule has 5 heteroatoms. The first-order valence-electron chi connectivity index (χ1n) is 8.30. The highest BCUT2D eigenvalue weighted by Crippen LogP contribution is 2.18. The Hall–Kier alpha value is -2.27. The fraction of sp³-hybridized carbons (Fsp3) is 0.300. The Morgan fingerprint density at radius 3 is 2.28 bits per heavy atom. The number of benzene rings is 2. The van der Waals surface area contributed by atoms with Crippen LogP contribution in [0.5, 0.6) is 0 Å². The molecule has 4 nitrogen and oxygen atoms in total. The molecular weight excluding hydrogens is 334 g/mol. The van der Waals surface area contributed by atoms with Gasteiger partial charge in [-0.3, -0.25) is 9.59 Å². The molecule has 0 aliphatic rings. The summed E-state index contributed by atoms with van der Waals surface area (Å²) in [5, 5.41) is 3.08. The molecule has 0 fully saturated rings. The quantitative estimate of drug-likeness (QED) is 0.699. The molecule has 1 amide bonds.